The van der Waals surface area contributed by atoms with Gasteiger partial charge in [0.2, 0.25) is 0 Å². The van der Waals surface area contributed by atoms with Crippen molar-refractivity contribution >= 4 is 34.6 Å². The smallest absolute Gasteiger partial charge is 0.289 e. The maximum absolute atomic E-state index is 11.7. The monoisotopic (exact) mass is 312 g/mol. The summed E-state index contributed by atoms with van der Waals surface area (Å²) in [5, 5.41) is 7.08. The average Bonchev–Trinajstić information content (AvgIpc) is 2.95. The van der Waals surface area contributed by atoms with Crippen LogP contribution in [0, 0.1) is 13.8 Å². The molecule has 1 aromatic heterocycles. The summed E-state index contributed by atoms with van der Waals surface area (Å²) >= 11 is 1.16. The van der Waals surface area contributed by atoms with Crippen LogP contribution < -0.4 is 5.32 Å². The Morgan fingerprint density at radius 2 is 2.00 bits per heavy atom. The highest BCUT2D eigenvalue weighted by Gasteiger charge is 2.24. The number of thioether (sulfide) groups is 1. The first kappa shape index (κ1) is 14.6. The topological polar surface area (TPSA) is 59.3 Å². The molecule has 1 aliphatic rings. The zero-order valence-corrected chi connectivity index (χ0v) is 13.4. The molecule has 3 rings (SSSR count). The number of benzene rings is 1. The number of para-hydroxylation sites is 1. The van der Waals surface area contributed by atoms with Crippen molar-refractivity contribution in [3.8, 4) is 0 Å². The van der Waals surface area contributed by atoms with Crippen LogP contribution in [0.3, 0.4) is 0 Å². The van der Waals surface area contributed by atoms with E-state index in [1.807, 2.05) is 62.0 Å². The first-order valence-corrected chi connectivity index (χ1v) is 7.71. The first-order chi connectivity index (χ1) is 10.5. The lowest BCUT2D eigenvalue weighted by Crippen LogP contribution is -2.18. The van der Waals surface area contributed by atoms with Gasteiger partial charge in [0.15, 0.2) is 0 Å². The Morgan fingerprint density at radius 3 is 2.64 bits per heavy atom. The van der Waals surface area contributed by atoms with Crippen LogP contribution in [0.15, 0.2) is 40.2 Å². The van der Waals surface area contributed by atoms with Crippen LogP contribution in [0.5, 0.6) is 0 Å². The lowest BCUT2D eigenvalue weighted by atomic mass is 10.2. The Kier molecular flexibility index (Phi) is 3.85. The van der Waals surface area contributed by atoms with Gasteiger partial charge in [-0.1, -0.05) is 18.2 Å². The molecule has 0 saturated carbocycles. The Bertz CT molecular complexity index is 790. The minimum absolute atomic E-state index is 0.111. The molecular formula is C16H16N4OS. The summed E-state index contributed by atoms with van der Waals surface area (Å²) in [7, 11) is 1.91. The van der Waals surface area contributed by atoms with Gasteiger partial charge in [-0.25, -0.2) is 4.99 Å². The van der Waals surface area contributed by atoms with E-state index in [9.17, 15) is 4.79 Å². The molecule has 22 heavy (non-hydrogen) atoms. The maximum Gasteiger partial charge on any atom is 0.289 e. The fourth-order valence-electron chi connectivity index (χ4n) is 2.27. The van der Waals surface area contributed by atoms with E-state index in [4.69, 9.17) is 0 Å². The Labute approximate surface area is 133 Å². The molecule has 0 bridgehead atoms. The molecular weight excluding hydrogens is 296 g/mol. The van der Waals surface area contributed by atoms with Crippen molar-refractivity contribution in [3.05, 3.63) is 52.2 Å². The maximum atomic E-state index is 11.7. The summed E-state index contributed by atoms with van der Waals surface area (Å²) in [6, 6.07) is 9.58. The molecule has 0 unspecified atom stereocenters. The predicted molar refractivity (Wildman–Crippen MR) is 90.3 cm³/mol. The molecule has 0 spiro atoms. The number of aliphatic imine (C=N–C) groups is 1. The van der Waals surface area contributed by atoms with Crippen molar-refractivity contribution in [2.24, 2.45) is 12.0 Å². The van der Waals surface area contributed by atoms with Crippen molar-refractivity contribution in [3.63, 3.8) is 0 Å². The molecule has 1 N–H and O–H groups in total. The second-order valence-corrected chi connectivity index (χ2v) is 6.04. The normalized spacial score (nSPS) is 18.2. The van der Waals surface area contributed by atoms with Gasteiger partial charge < -0.3 is 5.32 Å². The largest absolute Gasteiger partial charge is 0.300 e. The van der Waals surface area contributed by atoms with Gasteiger partial charge in [-0.05, 0) is 43.8 Å². The number of nitrogens with zero attached hydrogens (tertiary/aromatic N) is 3. The fourth-order valence-corrected chi connectivity index (χ4v) is 2.99. The summed E-state index contributed by atoms with van der Waals surface area (Å²) in [5.41, 5.74) is 3.84. The molecule has 1 saturated heterocycles. The molecule has 1 aromatic carbocycles. The van der Waals surface area contributed by atoms with E-state index in [2.05, 4.69) is 15.4 Å². The van der Waals surface area contributed by atoms with Gasteiger partial charge in [0.25, 0.3) is 5.24 Å². The Balaban J connectivity index is 2.03. The van der Waals surface area contributed by atoms with Gasteiger partial charge in [-0.3, -0.25) is 9.48 Å². The van der Waals surface area contributed by atoms with Crippen molar-refractivity contribution in [1.29, 1.82) is 0 Å². The van der Waals surface area contributed by atoms with E-state index in [-0.39, 0.29) is 5.24 Å². The summed E-state index contributed by atoms with van der Waals surface area (Å²) < 4.78 is 1.84. The SMILES string of the molecule is Cc1nn(C)c(C)c1C=C1SC(=O)NC1=Nc1ccccc1. The molecule has 1 aliphatic heterocycles. The van der Waals surface area contributed by atoms with E-state index >= 15 is 0 Å². The molecule has 112 valence electrons. The van der Waals surface area contributed by atoms with Crippen LogP contribution in [0.2, 0.25) is 0 Å². The third-order valence-electron chi connectivity index (χ3n) is 3.49. The summed E-state index contributed by atoms with van der Waals surface area (Å²) in [5.74, 6) is 0.587. The number of nitrogens with one attached hydrogen (secondary N) is 1. The third kappa shape index (κ3) is 2.82. The van der Waals surface area contributed by atoms with Crippen LogP contribution in [0.25, 0.3) is 6.08 Å². The number of aryl methyl sites for hydroxylation is 2. The van der Waals surface area contributed by atoms with Crippen molar-refractivity contribution in [2.75, 3.05) is 0 Å². The van der Waals surface area contributed by atoms with Crippen molar-refractivity contribution < 1.29 is 4.79 Å². The van der Waals surface area contributed by atoms with Crippen LogP contribution in [0.4, 0.5) is 10.5 Å². The van der Waals surface area contributed by atoms with E-state index in [1.54, 1.807) is 0 Å². The van der Waals surface area contributed by atoms with E-state index < -0.39 is 0 Å². The Hall–Kier alpha value is -2.34. The second kappa shape index (κ2) is 5.81. The van der Waals surface area contributed by atoms with Gasteiger partial charge in [-0.15, -0.1) is 0 Å². The van der Waals surface area contributed by atoms with Gasteiger partial charge in [-0.2, -0.15) is 5.10 Å². The van der Waals surface area contributed by atoms with Crippen LogP contribution >= 0.6 is 11.8 Å². The highest BCUT2D eigenvalue weighted by atomic mass is 32.2. The molecule has 2 aromatic rings. The molecule has 5 nitrogen and oxygen atoms in total. The highest BCUT2D eigenvalue weighted by molar-refractivity contribution is 8.18. The number of carbonyl (C=O) groups is 1. The number of amides is 1. The van der Waals surface area contributed by atoms with Crippen LogP contribution in [-0.2, 0) is 7.05 Å². The quantitative estimate of drug-likeness (QED) is 0.922. The van der Waals surface area contributed by atoms with Gasteiger partial charge in [0, 0.05) is 18.3 Å². The van der Waals surface area contributed by atoms with Crippen molar-refractivity contribution in [2.45, 2.75) is 13.8 Å². The predicted octanol–water partition coefficient (Wildman–Crippen LogP) is 3.56. The third-order valence-corrected chi connectivity index (χ3v) is 4.31. The lowest BCUT2D eigenvalue weighted by molar-refractivity contribution is 0.265. The summed E-state index contributed by atoms with van der Waals surface area (Å²) in [6.45, 7) is 3.97. The fraction of sp³-hybridized carbons (Fsp3) is 0.188. The zero-order chi connectivity index (χ0) is 15.7. The number of amidine groups is 1. The molecule has 0 atom stereocenters. The highest BCUT2D eigenvalue weighted by Crippen LogP contribution is 2.29. The average molecular weight is 312 g/mol. The molecule has 0 radical (unpaired) electrons. The first-order valence-electron chi connectivity index (χ1n) is 6.89. The summed E-state index contributed by atoms with van der Waals surface area (Å²) in [4.78, 5) is 17.1. The van der Waals surface area contributed by atoms with Crippen LogP contribution in [-0.4, -0.2) is 20.9 Å². The molecule has 2 heterocycles. The lowest BCUT2D eigenvalue weighted by Gasteiger charge is -2.00. The van der Waals surface area contributed by atoms with Gasteiger partial charge >= 0.3 is 0 Å². The molecule has 0 aliphatic carbocycles. The Morgan fingerprint density at radius 1 is 1.27 bits per heavy atom. The number of rotatable bonds is 2. The minimum atomic E-state index is -0.111. The molecule has 1 amide bonds. The standard InChI is InChI=1S/C16H16N4OS/c1-10-13(11(2)20(3)19-10)9-14-15(18-16(21)22-14)17-12-7-5-4-6-8-12/h4-9H,1-3H3,(H,17,18,21). The van der Waals surface area contributed by atoms with E-state index in [0.29, 0.717) is 5.84 Å². The number of hydrogen-bond acceptors (Lipinski definition) is 4. The van der Waals surface area contributed by atoms with Gasteiger partial charge in [0.05, 0.1) is 16.3 Å². The van der Waals surface area contributed by atoms with Crippen molar-refractivity contribution in [1.82, 2.24) is 15.1 Å². The molecule has 6 heteroatoms. The summed E-state index contributed by atoms with van der Waals surface area (Å²) in [6.07, 6.45) is 1.97. The second-order valence-electron chi connectivity index (χ2n) is 5.03. The minimum Gasteiger partial charge on any atom is -0.300 e. The van der Waals surface area contributed by atoms with Crippen LogP contribution in [0.1, 0.15) is 17.0 Å². The van der Waals surface area contributed by atoms with E-state index in [0.717, 1.165) is 39.3 Å². The molecule has 1 fully saturated rings. The van der Waals surface area contributed by atoms with E-state index in [1.165, 1.54) is 0 Å². The number of hydrogen-bond donors (Lipinski definition) is 1. The zero-order valence-electron chi connectivity index (χ0n) is 12.6. The number of aromatic nitrogens is 2. The number of carbonyl (C=O) groups excluding carboxylic acids is 1. The van der Waals surface area contributed by atoms with Gasteiger partial charge in [0.1, 0.15) is 5.84 Å².